The van der Waals surface area contributed by atoms with E-state index in [1.165, 1.54) is 4.31 Å². The first-order valence-corrected chi connectivity index (χ1v) is 9.00. The van der Waals surface area contributed by atoms with Crippen molar-refractivity contribution in [2.75, 3.05) is 50.9 Å². The molecule has 1 aromatic carbocycles. The molecule has 0 aromatic heterocycles. The van der Waals surface area contributed by atoms with Crippen molar-refractivity contribution in [1.29, 1.82) is 0 Å². The van der Waals surface area contributed by atoms with Gasteiger partial charge in [-0.2, -0.15) is 4.31 Å². The van der Waals surface area contributed by atoms with Gasteiger partial charge in [-0.15, -0.1) is 0 Å². The summed E-state index contributed by atoms with van der Waals surface area (Å²) in [5.74, 6) is 0.0614. The molecule has 0 bridgehead atoms. The minimum Gasteiger partial charge on any atom is -0.378 e. The Hall–Kier alpha value is -1.60. The zero-order valence-corrected chi connectivity index (χ0v) is 14.1. The summed E-state index contributed by atoms with van der Waals surface area (Å²) in [4.78, 5) is 16.1. The molecule has 1 aliphatic heterocycles. The molecule has 22 heavy (non-hydrogen) atoms. The number of hydrogen-bond acceptors (Lipinski definition) is 4. The van der Waals surface area contributed by atoms with Crippen molar-refractivity contribution in [3.63, 3.8) is 0 Å². The summed E-state index contributed by atoms with van der Waals surface area (Å²) in [5, 5.41) is 0. The molecule has 1 saturated heterocycles. The Morgan fingerprint density at radius 2 is 1.64 bits per heavy atom. The van der Waals surface area contributed by atoms with Crippen molar-refractivity contribution in [1.82, 2.24) is 9.21 Å². The van der Waals surface area contributed by atoms with E-state index in [0.29, 0.717) is 31.7 Å². The van der Waals surface area contributed by atoms with E-state index in [-0.39, 0.29) is 11.7 Å². The van der Waals surface area contributed by atoms with E-state index in [1.54, 1.807) is 11.8 Å². The van der Waals surface area contributed by atoms with E-state index in [2.05, 4.69) is 0 Å². The van der Waals surface area contributed by atoms with Gasteiger partial charge in [0.1, 0.15) is 0 Å². The Morgan fingerprint density at radius 3 is 2.09 bits per heavy atom. The summed E-state index contributed by atoms with van der Waals surface area (Å²) in [5.41, 5.74) is 1.67. The van der Waals surface area contributed by atoms with Crippen LogP contribution in [0.1, 0.15) is 17.3 Å². The Kier molecular flexibility index (Phi) is 5.08. The molecule has 1 aliphatic rings. The summed E-state index contributed by atoms with van der Waals surface area (Å²) in [7, 11) is 0.737. The van der Waals surface area contributed by atoms with Crippen molar-refractivity contribution in [3.05, 3.63) is 29.8 Å². The van der Waals surface area contributed by atoms with E-state index >= 15 is 0 Å². The highest BCUT2D eigenvalue weighted by molar-refractivity contribution is 7.89. The standard InChI is InChI=1S/C15H23N3O3S/c1-4-22(20,21)18-11-9-17(10-12-18)15(19)13-5-7-14(8-6-13)16(2)3/h5-8H,4,9-12H2,1-3H3. The third-order valence-corrected chi connectivity index (χ3v) is 5.80. The second kappa shape index (κ2) is 6.66. The van der Waals surface area contributed by atoms with E-state index in [9.17, 15) is 13.2 Å². The maximum absolute atomic E-state index is 12.5. The number of hydrogen-bond donors (Lipinski definition) is 0. The third kappa shape index (κ3) is 3.59. The number of carbonyl (C=O) groups excluding carboxylic acids is 1. The first-order valence-electron chi connectivity index (χ1n) is 7.39. The highest BCUT2D eigenvalue weighted by atomic mass is 32.2. The molecule has 1 amide bonds. The molecule has 0 radical (unpaired) electrons. The first kappa shape index (κ1) is 16.8. The molecule has 6 nitrogen and oxygen atoms in total. The van der Waals surface area contributed by atoms with Crippen LogP contribution >= 0.6 is 0 Å². The summed E-state index contributed by atoms with van der Waals surface area (Å²) >= 11 is 0. The minimum atomic E-state index is -3.16. The number of amides is 1. The monoisotopic (exact) mass is 325 g/mol. The molecule has 7 heteroatoms. The molecule has 0 spiro atoms. The summed E-state index contributed by atoms with van der Waals surface area (Å²) in [6.07, 6.45) is 0. The van der Waals surface area contributed by atoms with Crippen LogP contribution in [0.25, 0.3) is 0 Å². The molecule has 0 aliphatic carbocycles. The number of piperazine rings is 1. The van der Waals surface area contributed by atoms with Gasteiger partial charge in [-0.1, -0.05) is 0 Å². The van der Waals surface area contributed by atoms with E-state index in [4.69, 9.17) is 0 Å². The molecular formula is C15H23N3O3S. The smallest absolute Gasteiger partial charge is 0.253 e. The highest BCUT2D eigenvalue weighted by Crippen LogP contribution is 2.15. The molecule has 0 unspecified atom stereocenters. The lowest BCUT2D eigenvalue weighted by Crippen LogP contribution is -2.50. The largest absolute Gasteiger partial charge is 0.378 e. The summed E-state index contributed by atoms with van der Waals surface area (Å²) in [6.45, 7) is 3.26. The van der Waals surface area contributed by atoms with Crippen molar-refractivity contribution in [2.45, 2.75) is 6.92 Å². The number of carbonyl (C=O) groups is 1. The summed E-state index contributed by atoms with van der Waals surface area (Å²) in [6, 6.07) is 7.44. The third-order valence-electron chi connectivity index (χ3n) is 3.91. The van der Waals surface area contributed by atoms with E-state index in [0.717, 1.165) is 5.69 Å². The van der Waals surface area contributed by atoms with Crippen LogP contribution in [-0.2, 0) is 10.0 Å². The molecule has 122 valence electrons. The fourth-order valence-electron chi connectivity index (χ4n) is 2.44. The number of rotatable bonds is 4. The van der Waals surface area contributed by atoms with Gasteiger partial charge in [0, 0.05) is 51.5 Å². The van der Waals surface area contributed by atoms with Gasteiger partial charge in [0.2, 0.25) is 10.0 Å². The van der Waals surface area contributed by atoms with Crippen molar-refractivity contribution in [2.24, 2.45) is 0 Å². The Balaban J connectivity index is 2.00. The number of nitrogens with zero attached hydrogens (tertiary/aromatic N) is 3. The van der Waals surface area contributed by atoms with Gasteiger partial charge in [0.25, 0.3) is 5.91 Å². The molecule has 2 rings (SSSR count). The van der Waals surface area contributed by atoms with Crippen LogP contribution in [0.3, 0.4) is 0 Å². The van der Waals surface area contributed by atoms with Crippen LogP contribution in [0.4, 0.5) is 5.69 Å². The average molecular weight is 325 g/mol. The van der Waals surface area contributed by atoms with Crippen molar-refractivity contribution in [3.8, 4) is 0 Å². The van der Waals surface area contributed by atoms with Gasteiger partial charge >= 0.3 is 0 Å². The van der Waals surface area contributed by atoms with Gasteiger partial charge in [0.05, 0.1) is 5.75 Å². The fourth-order valence-corrected chi connectivity index (χ4v) is 3.52. The van der Waals surface area contributed by atoms with Crippen LogP contribution in [0.5, 0.6) is 0 Å². The topological polar surface area (TPSA) is 60.9 Å². The van der Waals surface area contributed by atoms with Crippen LogP contribution in [0.2, 0.25) is 0 Å². The lowest BCUT2D eigenvalue weighted by Gasteiger charge is -2.33. The van der Waals surface area contributed by atoms with Gasteiger partial charge in [-0.05, 0) is 31.2 Å². The lowest BCUT2D eigenvalue weighted by molar-refractivity contribution is 0.0698. The van der Waals surface area contributed by atoms with Crippen molar-refractivity contribution < 1.29 is 13.2 Å². The maximum atomic E-state index is 12.5. The second-order valence-electron chi connectivity index (χ2n) is 5.53. The Morgan fingerprint density at radius 1 is 1.09 bits per heavy atom. The molecule has 1 heterocycles. The quantitative estimate of drug-likeness (QED) is 0.824. The van der Waals surface area contributed by atoms with Crippen LogP contribution in [0.15, 0.2) is 24.3 Å². The van der Waals surface area contributed by atoms with Crippen molar-refractivity contribution >= 4 is 21.6 Å². The zero-order valence-electron chi connectivity index (χ0n) is 13.3. The van der Waals surface area contributed by atoms with Gasteiger partial charge < -0.3 is 9.80 Å². The fraction of sp³-hybridized carbons (Fsp3) is 0.533. The van der Waals surface area contributed by atoms with Gasteiger partial charge in [0.15, 0.2) is 0 Å². The highest BCUT2D eigenvalue weighted by Gasteiger charge is 2.27. The average Bonchev–Trinajstić information content (AvgIpc) is 2.54. The first-order chi connectivity index (χ1) is 10.3. The SMILES string of the molecule is CCS(=O)(=O)N1CCN(C(=O)c2ccc(N(C)C)cc2)CC1. The van der Waals surface area contributed by atoms with Crippen LogP contribution in [-0.4, -0.2) is 69.6 Å². The molecule has 1 fully saturated rings. The minimum absolute atomic E-state index is 0.0427. The van der Waals surface area contributed by atoms with E-state index < -0.39 is 10.0 Å². The summed E-state index contributed by atoms with van der Waals surface area (Å²) < 4.78 is 25.1. The van der Waals surface area contributed by atoms with Gasteiger partial charge in [-0.25, -0.2) is 8.42 Å². The lowest BCUT2D eigenvalue weighted by atomic mass is 10.1. The molecule has 0 atom stereocenters. The zero-order chi connectivity index (χ0) is 16.3. The number of anilines is 1. The van der Waals surface area contributed by atoms with E-state index in [1.807, 2.05) is 43.3 Å². The van der Waals surface area contributed by atoms with Crippen LogP contribution < -0.4 is 4.90 Å². The van der Waals surface area contributed by atoms with Crippen LogP contribution in [0, 0.1) is 0 Å². The Labute approximate surface area is 132 Å². The second-order valence-corrected chi connectivity index (χ2v) is 7.79. The number of sulfonamides is 1. The predicted octanol–water partition coefficient (Wildman–Crippen LogP) is 0.860. The van der Waals surface area contributed by atoms with Gasteiger partial charge in [-0.3, -0.25) is 4.79 Å². The maximum Gasteiger partial charge on any atom is 0.253 e. The normalized spacial score (nSPS) is 16.6. The predicted molar refractivity (Wildman–Crippen MR) is 87.7 cm³/mol. The molecular weight excluding hydrogens is 302 g/mol. The molecule has 1 aromatic rings. The molecule has 0 N–H and O–H groups in total. The molecule has 0 saturated carbocycles. The Bertz CT molecular complexity index is 618. The number of benzene rings is 1.